The lowest BCUT2D eigenvalue weighted by Crippen LogP contribution is -2.44. The van der Waals surface area contributed by atoms with Crippen LogP contribution in [0.2, 0.25) is 0 Å². The van der Waals surface area contributed by atoms with E-state index in [0.717, 1.165) is 31.5 Å². The Bertz CT molecular complexity index is 619. The third-order valence-corrected chi connectivity index (χ3v) is 4.03. The molecule has 1 amide bonds. The van der Waals surface area contributed by atoms with Crippen LogP contribution in [0.1, 0.15) is 18.5 Å². The van der Waals surface area contributed by atoms with Gasteiger partial charge in [0.2, 0.25) is 11.9 Å². The number of pyridine rings is 1. The Balaban J connectivity index is 1.49. The number of piperidine rings is 1. The Kier molecular flexibility index (Phi) is 5.13. The average molecular weight is 311 g/mol. The second-order valence-electron chi connectivity index (χ2n) is 5.70. The monoisotopic (exact) mass is 311 g/mol. The number of anilines is 1. The summed E-state index contributed by atoms with van der Waals surface area (Å²) in [7, 11) is 0. The molecule has 6 heteroatoms. The van der Waals surface area contributed by atoms with Crippen molar-refractivity contribution in [2.45, 2.75) is 19.3 Å². The van der Waals surface area contributed by atoms with Gasteiger partial charge in [0.25, 0.3) is 0 Å². The Morgan fingerprint density at radius 1 is 1.17 bits per heavy atom. The molecule has 3 rings (SSSR count). The molecule has 0 bridgehead atoms. The van der Waals surface area contributed by atoms with Gasteiger partial charge in [0.1, 0.15) is 0 Å². The van der Waals surface area contributed by atoms with E-state index >= 15 is 0 Å². The van der Waals surface area contributed by atoms with Gasteiger partial charge in [-0.05, 0) is 31.0 Å². The van der Waals surface area contributed by atoms with Crippen LogP contribution in [0.15, 0.2) is 42.9 Å². The first-order valence-electron chi connectivity index (χ1n) is 8.02. The quantitative estimate of drug-likeness (QED) is 0.905. The largest absolute Gasteiger partial charge is 0.355 e. The summed E-state index contributed by atoms with van der Waals surface area (Å²) in [6.45, 7) is 2.20. The second-order valence-corrected chi connectivity index (χ2v) is 5.70. The van der Waals surface area contributed by atoms with Crippen molar-refractivity contribution in [1.29, 1.82) is 0 Å². The molecule has 120 valence electrons. The Morgan fingerprint density at radius 2 is 2.00 bits per heavy atom. The smallest absolute Gasteiger partial charge is 0.225 e. The Morgan fingerprint density at radius 3 is 2.78 bits per heavy atom. The minimum atomic E-state index is -0.00344. The highest BCUT2D eigenvalue weighted by molar-refractivity contribution is 5.79. The van der Waals surface area contributed by atoms with Gasteiger partial charge in [0.15, 0.2) is 0 Å². The number of amides is 1. The second kappa shape index (κ2) is 7.67. The molecule has 0 aliphatic carbocycles. The van der Waals surface area contributed by atoms with Gasteiger partial charge >= 0.3 is 0 Å². The third kappa shape index (κ3) is 4.25. The SMILES string of the molecule is O=C(NCCc1ccccn1)C1CCCN(c2ncccn2)C1. The molecule has 2 aromatic rings. The van der Waals surface area contributed by atoms with Crippen LogP contribution in [-0.2, 0) is 11.2 Å². The van der Waals surface area contributed by atoms with Crippen molar-refractivity contribution in [1.82, 2.24) is 20.3 Å². The number of nitrogens with zero attached hydrogens (tertiary/aromatic N) is 4. The van der Waals surface area contributed by atoms with Crippen molar-refractivity contribution in [2.75, 3.05) is 24.5 Å². The average Bonchev–Trinajstić information content (AvgIpc) is 2.63. The number of aromatic nitrogens is 3. The first kappa shape index (κ1) is 15.4. The van der Waals surface area contributed by atoms with Crippen molar-refractivity contribution in [3.63, 3.8) is 0 Å². The van der Waals surface area contributed by atoms with Gasteiger partial charge in [-0.3, -0.25) is 9.78 Å². The van der Waals surface area contributed by atoms with Gasteiger partial charge in [-0.2, -0.15) is 0 Å². The highest BCUT2D eigenvalue weighted by atomic mass is 16.1. The number of carbonyl (C=O) groups is 1. The molecule has 1 saturated heterocycles. The summed E-state index contributed by atoms with van der Waals surface area (Å²) in [4.78, 5) is 27.3. The van der Waals surface area contributed by atoms with Gasteiger partial charge in [0, 0.05) is 50.3 Å². The van der Waals surface area contributed by atoms with Crippen LogP contribution in [0.25, 0.3) is 0 Å². The summed E-state index contributed by atoms with van der Waals surface area (Å²) < 4.78 is 0. The lowest BCUT2D eigenvalue weighted by molar-refractivity contribution is -0.125. The van der Waals surface area contributed by atoms with Crippen LogP contribution in [-0.4, -0.2) is 40.5 Å². The predicted molar refractivity (Wildman–Crippen MR) is 87.9 cm³/mol. The maximum atomic E-state index is 12.4. The molecule has 1 fully saturated rings. The van der Waals surface area contributed by atoms with Gasteiger partial charge in [-0.25, -0.2) is 9.97 Å². The molecule has 1 aliphatic rings. The fraction of sp³-hybridized carbons (Fsp3) is 0.412. The van der Waals surface area contributed by atoms with Gasteiger partial charge in [-0.1, -0.05) is 6.07 Å². The van der Waals surface area contributed by atoms with Crippen LogP contribution in [0, 0.1) is 5.92 Å². The standard InChI is InChI=1S/C17H21N5O/c23-16(19-11-7-15-6-1-2-8-18-15)14-5-3-12-22(13-14)17-20-9-4-10-21-17/h1-2,4,6,8-10,14H,3,5,7,11-13H2,(H,19,23). The summed E-state index contributed by atoms with van der Waals surface area (Å²) in [6.07, 6.45) is 7.90. The van der Waals surface area contributed by atoms with Crippen molar-refractivity contribution < 1.29 is 4.79 Å². The molecule has 0 radical (unpaired) electrons. The van der Waals surface area contributed by atoms with Crippen LogP contribution < -0.4 is 10.2 Å². The number of nitrogens with one attached hydrogen (secondary N) is 1. The lowest BCUT2D eigenvalue weighted by Gasteiger charge is -2.31. The van der Waals surface area contributed by atoms with Crippen molar-refractivity contribution in [2.24, 2.45) is 5.92 Å². The molecule has 0 aromatic carbocycles. The van der Waals surface area contributed by atoms with Crippen molar-refractivity contribution in [3.8, 4) is 0 Å². The van der Waals surface area contributed by atoms with E-state index in [4.69, 9.17) is 0 Å². The van der Waals surface area contributed by atoms with E-state index < -0.39 is 0 Å². The molecule has 1 atom stereocenters. The van der Waals surface area contributed by atoms with Gasteiger partial charge < -0.3 is 10.2 Å². The number of rotatable bonds is 5. The fourth-order valence-corrected chi connectivity index (χ4v) is 2.83. The number of hydrogen-bond acceptors (Lipinski definition) is 5. The number of carbonyl (C=O) groups excluding carboxylic acids is 1. The van der Waals surface area contributed by atoms with E-state index in [9.17, 15) is 4.79 Å². The van der Waals surface area contributed by atoms with Crippen LogP contribution >= 0.6 is 0 Å². The van der Waals surface area contributed by atoms with E-state index in [0.29, 0.717) is 19.0 Å². The molecule has 1 aliphatic heterocycles. The van der Waals surface area contributed by atoms with E-state index in [2.05, 4.69) is 25.2 Å². The van der Waals surface area contributed by atoms with E-state index in [-0.39, 0.29) is 11.8 Å². The van der Waals surface area contributed by atoms with Crippen molar-refractivity contribution >= 4 is 11.9 Å². The zero-order valence-electron chi connectivity index (χ0n) is 13.1. The van der Waals surface area contributed by atoms with E-state index in [1.165, 1.54) is 0 Å². The van der Waals surface area contributed by atoms with E-state index in [1.807, 2.05) is 18.2 Å². The summed E-state index contributed by atoms with van der Waals surface area (Å²) in [5.74, 6) is 0.816. The topological polar surface area (TPSA) is 71.0 Å². The Hall–Kier alpha value is -2.50. The highest BCUT2D eigenvalue weighted by Crippen LogP contribution is 2.19. The lowest BCUT2D eigenvalue weighted by atomic mass is 9.97. The zero-order valence-corrected chi connectivity index (χ0v) is 13.1. The van der Waals surface area contributed by atoms with E-state index in [1.54, 1.807) is 24.7 Å². The summed E-state index contributed by atoms with van der Waals surface area (Å²) >= 11 is 0. The molecular formula is C17H21N5O. The Labute approximate surface area is 136 Å². The molecule has 0 spiro atoms. The first-order chi connectivity index (χ1) is 11.3. The molecule has 1 unspecified atom stereocenters. The maximum absolute atomic E-state index is 12.4. The minimum Gasteiger partial charge on any atom is -0.355 e. The van der Waals surface area contributed by atoms with Crippen molar-refractivity contribution in [3.05, 3.63) is 48.5 Å². The highest BCUT2D eigenvalue weighted by Gasteiger charge is 2.26. The molecular weight excluding hydrogens is 290 g/mol. The van der Waals surface area contributed by atoms with Gasteiger partial charge in [0.05, 0.1) is 5.92 Å². The normalized spacial score (nSPS) is 17.7. The fourth-order valence-electron chi connectivity index (χ4n) is 2.83. The summed E-state index contributed by atoms with van der Waals surface area (Å²) in [5, 5.41) is 3.03. The molecule has 0 saturated carbocycles. The minimum absolute atomic E-state index is 0.00344. The maximum Gasteiger partial charge on any atom is 0.225 e. The molecule has 1 N–H and O–H groups in total. The molecule has 2 aromatic heterocycles. The summed E-state index contributed by atoms with van der Waals surface area (Å²) in [5.41, 5.74) is 0.996. The van der Waals surface area contributed by atoms with Gasteiger partial charge in [-0.15, -0.1) is 0 Å². The van der Waals surface area contributed by atoms with Crippen LogP contribution in [0.5, 0.6) is 0 Å². The third-order valence-electron chi connectivity index (χ3n) is 4.03. The molecule has 23 heavy (non-hydrogen) atoms. The zero-order chi connectivity index (χ0) is 15.9. The molecule has 6 nitrogen and oxygen atoms in total. The number of hydrogen-bond donors (Lipinski definition) is 1. The van der Waals surface area contributed by atoms with Crippen LogP contribution in [0.3, 0.4) is 0 Å². The summed E-state index contributed by atoms with van der Waals surface area (Å²) in [6, 6.07) is 7.63. The van der Waals surface area contributed by atoms with Crippen LogP contribution in [0.4, 0.5) is 5.95 Å². The predicted octanol–water partition coefficient (Wildman–Crippen LogP) is 1.45. The first-order valence-corrected chi connectivity index (χ1v) is 8.02. The molecule has 3 heterocycles.